The van der Waals surface area contributed by atoms with E-state index in [1.165, 1.54) is 22.5 Å². The van der Waals surface area contributed by atoms with E-state index in [4.69, 9.17) is 0 Å². The summed E-state index contributed by atoms with van der Waals surface area (Å²) in [4.78, 5) is 26.5. The summed E-state index contributed by atoms with van der Waals surface area (Å²) in [6.45, 7) is 3.29. The molecule has 1 saturated carbocycles. The number of hydrogen-bond donors (Lipinski definition) is 1. The van der Waals surface area contributed by atoms with Crippen molar-refractivity contribution in [2.75, 3.05) is 6.54 Å². The fourth-order valence-electron chi connectivity index (χ4n) is 2.90. The fourth-order valence-corrected chi connectivity index (χ4v) is 3.53. The molecule has 0 radical (unpaired) electrons. The summed E-state index contributed by atoms with van der Waals surface area (Å²) < 4.78 is 0. The predicted octanol–water partition coefficient (Wildman–Crippen LogP) is 3.76. The number of carbonyl (C=O) groups is 2. The molecule has 1 aromatic carbocycles. The zero-order valence-corrected chi connectivity index (χ0v) is 15.3. The summed E-state index contributed by atoms with van der Waals surface area (Å²) in [7, 11) is 0. The Morgan fingerprint density at radius 2 is 2.12 bits per heavy atom. The van der Waals surface area contributed by atoms with Gasteiger partial charge in [-0.05, 0) is 43.2 Å². The Hall–Kier alpha value is -2.14. The Labute approximate surface area is 152 Å². The number of benzene rings is 1. The maximum absolute atomic E-state index is 12.6. The van der Waals surface area contributed by atoms with Gasteiger partial charge in [0.05, 0.1) is 0 Å². The van der Waals surface area contributed by atoms with E-state index in [1.54, 1.807) is 0 Å². The lowest BCUT2D eigenvalue weighted by molar-refractivity contribution is -0.132. The molecule has 2 aromatic rings. The van der Waals surface area contributed by atoms with Crippen LogP contribution < -0.4 is 5.32 Å². The molecule has 5 heteroatoms. The highest BCUT2D eigenvalue weighted by molar-refractivity contribution is 7.08. The maximum Gasteiger partial charge on any atom is 0.252 e. The molecule has 4 nitrogen and oxygen atoms in total. The molecule has 3 rings (SSSR count). The smallest absolute Gasteiger partial charge is 0.252 e. The Morgan fingerprint density at radius 1 is 1.28 bits per heavy atom. The van der Waals surface area contributed by atoms with Gasteiger partial charge in [-0.1, -0.05) is 29.8 Å². The first kappa shape index (κ1) is 17.7. The average molecular weight is 356 g/mol. The molecule has 0 unspecified atom stereocenters. The lowest BCUT2D eigenvalue weighted by atomic mass is 10.1. The first-order valence-corrected chi connectivity index (χ1v) is 9.73. The van der Waals surface area contributed by atoms with Crippen molar-refractivity contribution in [2.45, 2.75) is 45.2 Å². The number of nitrogens with one attached hydrogen (secondary N) is 1. The summed E-state index contributed by atoms with van der Waals surface area (Å²) >= 11 is 1.51. The van der Waals surface area contributed by atoms with Crippen LogP contribution in [0.2, 0.25) is 0 Å². The molecule has 0 saturated heterocycles. The van der Waals surface area contributed by atoms with Crippen molar-refractivity contribution in [3.8, 4) is 0 Å². The highest BCUT2D eigenvalue weighted by Gasteiger charge is 2.32. The van der Waals surface area contributed by atoms with Gasteiger partial charge in [-0.25, -0.2) is 0 Å². The number of rotatable bonds is 8. The van der Waals surface area contributed by atoms with Crippen molar-refractivity contribution in [2.24, 2.45) is 0 Å². The topological polar surface area (TPSA) is 49.4 Å². The van der Waals surface area contributed by atoms with Gasteiger partial charge >= 0.3 is 0 Å². The summed E-state index contributed by atoms with van der Waals surface area (Å²) in [5.74, 6) is 0.126. The van der Waals surface area contributed by atoms with Crippen LogP contribution >= 0.6 is 11.3 Å². The van der Waals surface area contributed by atoms with Gasteiger partial charge in [-0.2, -0.15) is 11.3 Å². The third-order valence-corrected chi connectivity index (χ3v) is 5.06. The van der Waals surface area contributed by atoms with Crippen molar-refractivity contribution in [1.82, 2.24) is 10.2 Å². The van der Waals surface area contributed by atoms with Crippen LogP contribution in [0.15, 0.2) is 41.1 Å². The van der Waals surface area contributed by atoms with Gasteiger partial charge < -0.3 is 10.2 Å². The Morgan fingerprint density at radius 3 is 2.80 bits per heavy atom. The van der Waals surface area contributed by atoms with Crippen LogP contribution in [0.1, 0.15) is 47.2 Å². The standard InChI is InChI=1S/C20H24N2O2S/c1-15-4-2-5-16(12-15)13-22(18-7-8-18)19(23)6-3-10-21-20(24)17-9-11-25-14-17/h2,4-5,9,11-12,14,18H,3,6-8,10,13H2,1H3,(H,21,24). The van der Waals surface area contributed by atoms with Gasteiger partial charge in [0.1, 0.15) is 0 Å². The number of nitrogens with zero attached hydrogens (tertiary/aromatic N) is 1. The van der Waals surface area contributed by atoms with Crippen LogP contribution in [0.4, 0.5) is 0 Å². The Kier molecular flexibility index (Phi) is 5.87. The van der Waals surface area contributed by atoms with Gasteiger partial charge in [0.15, 0.2) is 0 Å². The zero-order valence-electron chi connectivity index (χ0n) is 14.5. The third-order valence-electron chi connectivity index (χ3n) is 4.38. The molecule has 2 amide bonds. The van der Waals surface area contributed by atoms with E-state index in [1.807, 2.05) is 27.8 Å². The molecule has 1 aromatic heterocycles. The molecule has 1 fully saturated rings. The number of hydrogen-bond acceptors (Lipinski definition) is 3. The third kappa shape index (κ3) is 5.16. The molecule has 0 bridgehead atoms. The lowest BCUT2D eigenvalue weighted by Gasteiger charge is -2.23. The van der Waals surface area contributed by atoms with Gasteiger partial charge in [0.2, 0.25) is 5.91 Å². The largest absolute Gasteiger partial charge is 0.352 e. The first-order chi connectivity index (χ1) is 12.1. The summed E-state index contributed by atoms with van der Waals surface area (Å²) in [6, 6.07) is 10.5. The molecule has 25 heavy (non-hydrogen) atoms. The molecule has 0 spiro atoms. The monoisotopic (exact) mass is 356 g/mol. The van der Waals surface area contributed by atoms with E-state index in [0.29, 0.717) is 37.5 Å². The summed E-state index contributed by atoms with van der Waals surface area (Å²) in [5.41, 5.74) is 3.10. The van der Waals surface area contributed by atoms with E-state index in [9.17, 15) is 9.59 Å². The molecule has 0 atom stereocenters. The highest BCUT2D eigenvalue weighted by atomic mass is 32.1. The van der Waals surface area contributed by atoms with Gasteiger partial charge in [-0.3, -0.25) is 9.59 Å². The van der Waals surface area contributed by atoms with Crippen molar-refractivity contribution in [1.29, 1.82) is 0 Å². The van der Waals surface area contributed by atoms with Crippen molar-refractivity contribution in [3.05, 3.63) is 57.8 Å². The van der Waals surface area contributed by atoms with Crippen LogP contribution in [-0.2, 0) is 11.3 Å². The second-order valence-corrected chi connectivity index (χ2v) is 7.39. The molecular weight excluding hydrogens is 332 g/mol. The predicted molar refractivity (Wildman–Crippen MR) is 101 cm³/mol. The van der Waals surface area contributed by atoms with Gasteiger partial charge in [0.25, 0.3) is 5.91 Å². The molecule has 1 N–H and O–H groups in total. The molecule has 1 aliphatic rings. The minimum absolute atomic E-state index is 0.0625. The minimum Gasteiger partial charge on any atom is -0.352 e. The van der Waals surface area contributed by atoms with E-state index in [0.717, 1.165) is 12.8 Å². The number of aryl methyl sites for hydroxylation is 1. The van der Waals surface area contributed by atoms with Gasteiger partial charge in [-0.15, -0.1) is 0 Å². The quantitative estimate of drug-likeness (QED) is 0.732. The average Bonchev–Trinajstić information content (AvgIpc) is 3.29. The first-order valence-electron chi connectivity index (χ1n) is 8.79. The second-order valence-electron chi connectivity index (χ2n) is 6.61. The number of thiophene rings is 1. The molecule has 1 heterocycles. The van der Waals surface area contributed by atoms with Crippen LogP contribution in [0.5, 0.6) is 0 Å². The summed E-state index contributed by atoms with van der Waals surface area (Å²) in [5, 5.41) is 6.60. The fraction of sp³-hybridized carbons (Fsp3) is 0.400. The van der Waals surface area contributed by atoms with Crippen molar-refractivity contribution >= 4 is 23.2 Å². The minimum atomic E-state index is -0.0625. The normalized spacial score (nSPS) is 13.5. The highest BCUT2D eigenvalue weighted by Crippen LogP contribution is 2.29. The molecule has 132 valence electrons. The number of carbonyl (C=O) groups excluding carboxylic acids is 2. The second kappa shape index (κ2) is 8.30. The zero-order chi connectivity index (χ0) is 17.6. The van der Waals surface area contributed by atoms with Crippen LogP contribution in [0.3, 0.4) is 0 Å². The Bertz CT molecular complexity index is 723. The molecular formula is C20H24N2O2S. The van der Waals surface area contributed by atoms with E-state index in [2.05, 4.69) is 30.4 Å². The lowest BCUT2D eigenvalue weighted by Crippen LogP contribution is -2.33. The number of amides is 2. The van der Waals surface area contributed by atoms with E-state index < -0.39 is 0 Å². The molecule has 0 aliphatic heterocycles. The molecule has 1 aliphatic carbocycles. The van der Waals surface area contributed by atoms with Crippen molar-refractivity contribution in [3.63, 3.8) is 0 Å². The SMILES string of the molecule is Cc1cccc(CN(C(=O)CCCNC(=O)c2ccsc2)C2CC2)c1. The van der Waals surface area contributed by atoms with Crippen molar-refractivity contribution < 1.29 is 9.59 Å². The van der Waals surface area contributed by atoms with Crippen LogP contribution in [0.25, 0.3) is 0 Å². The summed E-state index contributed by atoms with van der Waals surface area (Å²) in [6.07, 6.45) is 3.36. The van der Waals surface area contributed by atoms with Gasteiger partial charge in [0, 0.05) is 36.5 Å². The van der Waals surface area contributed by atoms with E-state index >= 15 is 0 Å². The van der Waals surface area contributed by atoms with E-state index in [-0.39, 0.29) is 11.8 Å². The Balaban J connectivity index is 1.46. The van der Waals surface area contributed by atoms with Crippen LogP contribution in [-0.4, -0.2) is 29.3 Å². The maximum atomic E-state index is 12.6. The van der Waals surface area contributed by atoms with Crippen LogP contribution in [0, 0.1) is 6.92 Å².